The van der Waals surface area contributed by atoms with Crippen LogP contribution in [-0.2, 0) is 14.8 Å². The maximum Gasteiger partial charge on any atom is 0.327 e. The number of aliphatic carboxylic acids is 1. The lowest BCUT2D eigenvalue weighted by atomic mass is 10.2. The summed E-state index contributed by atoms with van der Waals surface area (Å²) >= 11 is 0. The Morgan fingerprint density at radius 3 is 2.39 bits per heavy atom. The molecule has 0 saturated carbocycles. The second-order valence-electron chi connectivity index (χ2n) is 5.61. The Bertz CT molecular complexity index is 1010. The van der Waals surface area contributed by atoms with Gasteiger partial charge < -0.3 is 14.6 Å². The Balaban J connectivity index is 2.72. The first-order valence-electron chi connectivity index (χ1n) is 7.87. The van der Waals surface area contributed by atoms with E-state index in [-0.39, 0.29) is 11.4 Å². The van der Waals surface area contributed by atoms with E-state index in [1.807, 2.05) is 0 Å². The van der Waals surface area contributed by atoms with Crippen molar-refractivity contribution in [3.05, 3.63) is 52.6 Å². The average Bonchev–Trinajstić information content (AvgIpc) is 2.68. The minimum Gasteiger partial charge on any atom is -0.497 e. The van der Waals surface area contributed by atoms with Crippen LogP contribution >= 0.6 is 0 Å². The quantitative estimate of drug-likeness (QED) is 0.517. The fourth-order valence-electron chi connectivity index (χ4n) is 2.48. The molecule has 0 aliphatic rings. The Morgan fingerprint density at radius 1 is 1.18 bits per heavy atom. The number of carboxylic acid groups (broad SMARTS) is 1. The number of carbonyl (C=O) groups is 1. The van der Waals surface area contributed by atoms with Crippen molar-refractivity contribution in [2.24, 2.45) is 0 Å². The van der Waals surface area contributed by atoms with Crippen molar-refractivity contribution in [2.45, 2.75) is 17.9 Å². The van der Waals surface area contributed by atoms with Crippen LogP contribution in [0.1, 0.15) is 6.92 Å². The summed E-state index contributed by atoms with van der Waals surface area (Å²) in [5, 5.41) is 20.5. The van der Waals surface area contributed by atoms with Gasteiger partial charge in [0.25, 0.3) is 15.7 Å². The van der Waals surface area contributed by atoms with Crippen LogP contribution in [0.4, 0.5) is 11.4 Å². The second kappa shape index (κ2) is 8.13. The molecule has 0 amide bonds. The van der Waals surface area contributed by atoms with Crippen molar-refractivity contribution < 1.29 is 32.7 Å². The smallest absolute Gasteiger partial charge is 0.327 e. The number of carboxylic acids is 1. The topological polar surface area (TPSA) is 136 Å². The van der Waals surface area contributed by atoms with E-state index >= 15 is 0 Å². The maximum atomic E-state index is 13.2. The fourth-order valence-corrected chi connectivity index (χ4v) is 4.15. The van der Waals surface area contributed by atoms with Crippen LogP contribution in [0, 0.1) is 10.1 Å². The highest BCUT2D eigenvalue weighted by molar-refractivity contribution is 7.93. The van der Waals surface area contributed by atoms with Crippen molar-refractivity contribution in [3.63, 3.8) is 0 Å². The molecule has 0 aliphatic heterocycles. The van der Waals surface area contributed by atoms with Crippen molar-refractivity contribution in [2.75, 3.05) is 18.5 Å². The van der Waals surface area contributed by atoms with E-state index in [4.69, 9.17) is 9.47 Å². The highest BCUT2D eigenvalue weighted by Gasteiger charge is 2.36. The largest absolute Gasteiger partial charge is 0.497 e. The zero-order valence-corrected chi connectivity index (χ0v) is 16.0. The summed E-state index contributed by atoms with van der Waals surface area (Å²) in [6, 6.07) is 7.03. The monoisotopic (exact) mass is 410 g/mol. The van der Waals surface area contributed by atoms with Crippen LogP contribution in [0.2, 0.25) is 0 Å². The van der Waals surface area contributed by atoms with E-state index in [2.05, 4.69) is 0 Å². The zero-order valence-electron chi connectivity index (χ0n) is 15.2. The molecule has 150 valence electrons. The number of benzene rings is 2. The molecule has 1 N–H and O–H groups in total. The Hall–Kier alpha value is -3.34. The summed E-state index contributed by atoms with van der Waals surface area (Å²) < 4.78 is 37.4. The molecular formula is C17H18N2O8S. The number of methoxy groups -OCH3 is 2. The lowest BCUT2D eigenvalue weighted by Crippen LogP contribution is -2.43. The number of rotatable bonds is 8. The van der Waals surface area contributed by atoms with E-state index < -0.39 is 37.5 Å². The third-order valence-electron chi connectivity index (χ3n) is 3.92. The van der Waals surface area contributed by atoms with Crippen LogP contribution in [0.15, 0.2) is 47.4 Å². The Morgan fingerprint density at radius 2 is 1.86 bits per heavy atom. The van der Waals surface area contributed by atoms with Gasteiger partial charge in [-0.3, -0.25) is 10.1 Å². The van der Waals surface area contributed by atoms with Crippen molar-refractivity contribution in [1.29, 1.82) is 0 Å². The average molecular weight is 410 g/mol. The van der Waals surface area contributed by atoms with Gasteiger partial charge >= 0.3 is 5.97 Å². The molecule has 2 aromatic rings. The number of hydrogen-bond donors (Lipinski definition) is 1. The summed E-state index contributed by atoms with van der Waals surface area (Å²) in [4.78, 5) is 21.5. The molecule has 2 aromatic carbocycles. The van der Waals surface area contributed by atoms with Gasteiger partial charge in [0.2, 0.25) is 0 Å². The predicted octanol–water partition coefficient (Wildman–Crippen LogP) is 2.28. The molecule has 0 aliphatic carbocycles. The molecule has 11 heteroatoms. The van der Waals surface area contributed by atoms with E-state index in [1.54, 1.807) is 0 Å². The molecule has 0 spiro atoms. The molecule has 10 nitrogen and oxygen atoms in total. The molecule has 0 saturated heterocycles. The first kappa shape index (κ1) is 21.0. The summed E-state index contributed by atoms with van der Waals surface area (Å²) in [6.07, 6.45) is 0. The van der Waals surface area contributed by atoms with E-state index in [9.17, 15) is 28.4 Å². The number of hydrogen-bond acceptors (Lipinski definition) is 7. The van der Waals surface area contributed by atoms with E-state index in [0.717, 1.165) is 18.2 Å². The number of nitro groups is 1. The van der Waals surface area contributed by atoms with Gasteiger partial charge in [0, 0.05) is 18.2 Å². The number of sulfonamides is 1. The summed E-state index contributed by atoms with van der Waals surface area (Å²) in [7, 11) is -1.78. The van der Waals surface area contributed by atoms with Gasteiger partial charge in [-0.25, -0.2) is 17.5 Å². The van der Waals surface area contributed by atoms with Gasteiger partial charge in [-0.1, -0.05) is 6.07 Å². The second-order valence-corrected chi connectivity index (χ2v) is 7.42. The lowest BCUT2D eigenvalue weighted by Gasteiger charge is -2.29. The third-order valence-corrected chi connectivity index (χ3v) is 5.80. The first-order valence-corrected chi connectivity index (χ1v) is 9.31. The summed E-state index contributed by atoms with van der Waals surface area (Å²) in [6.45, 7) is 1.18. The van der Waals surface area contributed by atoms with Crippen LogP contribution in [-0.4, -0.2) is 44.7 Å². The number of nitrogens with zero attached hydrogens (tertiary/aromatic N) is 2. The molecule has 0 radical (unpaired) electrons. The molecular weight excluding hydrogens is 392 g/mol. The number of ether oxygens (including phenoxy) is 2. The number of nitro benzene ring substituents is 1. The fraction of sp³-hybridized carbons (Fsp3) is 0.235. The molecule has 1 unspecified atom stereocenters. The highest BCUT2D eigenvalue weighted by Crippen LogP contribution is 2.37. The van der Waals surface area contributed by atoms with Crippen molar-refractivity contribution in [3.8, 4) is 11.5 Å². The zero-order chi connectivity index (χ0) is 21.1. The third kappa shape index (κ3) is 3.98. The SMILES string of the molecule is COc1ccc(N(C(C)C(=O)O)S(=O)(=O)c2cccc([N+](=O)[O-])c2)c(OC)c1. The summed E-state index contributed by atoms with van der Waals surface area (Å²) in [5.74, 6) is -0.982. The maximum absolute atomic E-state index is 13.2. The number of anilines is 1. The van der Waals surface area contributed by atoms with Crippen molar-refractivity contribution in [1.82, 2.24) is 0 Å². The van der Waals surface area contributed by atoms with Gasteiger partial charge in [0.1, 0.15) is 17.5 Å². The van der Waals surface area contributed by atoms with Crippen LogP contribution in [0.25, 0.3) is 0 Å². The Labute approximate surface area is 161 Å². The van der Waals surface area contributed by atoms with Crippen LogP contribution < -0.4 is 13.8 Å². The van der Waals surface area contributed by atoms with Gasteiger partial charge in [0.15, 0.2) is 0 Å². The van der Waals surface area contributed by atoms with Crippen LogP contribution in [0.3, 0.4) is 0 Å². The molecule has 0 fully saturated rings. The molecule has 0 aromatic heterocycles. The molecule has 1 atom stereocenters. The van der Waals surface area contributed by atoms with E-state index in [1.165, 1.54) is 45.4 Å². The molecule has 28 heavy (non-hydrogen) atoms. The Kier molecular flexibility index (Phi) is 6.09. The minimum atomic E-state index is -4.48. The molecule has 2 rings (SSSR count). The molecule has 0 heterocycles. The first-order chi connectivity index (χ1) is 13.1. The summed E-state index contributed by atoms with van der Waals surface area (Å²) in [5.41, 5.74) is -0.490. The van der Waals surface area contributed by atoms with Crippen molar-refractivity contribution >= 4 is 27.4 Å². The van der Waals surface area contributed by atoms with Crippen LogP contribution in [0.5, 0.6) is 11.5 Å². The van der Waals surface area contributed by atoms with E-state index in [0.29, 0.717) is 10.1 Å². The predicted molar refractivity (Wildman–Crippen MR) is 99.4 cm³/mol. The van der Waals surface area contributed by atoms with Gasteiger partial charge in [-0.05, 0) is 25.1 Å². The lowest BCUT2D eigenvalue weighted by molar-refractivity contribution is -0.385. The minimum absolute atomic E-state index is 0.0512. The number of non-ortho nitro benzene ring substituents is 1. The highest BCUT2D eigenvalue weighted by atomic mass is 32.2. The van der Waals surface area contributed by atoms with Gasteiger partial charge in [-0.2, -0.15) is 0 Å². The normalized spacial score (nSPS) is 12.1. The molecule has 0 bridgehead atoms. The van der Waals surface area contributed by atoms with Gasteiger partial charge in [0.05, 0.1) is 29.7 Å². The van der Waals surface area contributed by atoms with Gasteiger partial charge in [-0.15, -0.1) is 0 Å². The standard InChI is InChI=1S/C17H18N2O8S/c1-11(17(20)21)18(15-8-7-13(26-2)10-16(15)27-3)28(24,25)14-6-4-5-12(9-14)19(22)23/h4-11H,1-3H3,(H,20,21).